The Morgan fingerprint density at radius 2 is 1.33 bits per heavy atom. The highest BCUT2D eigenvalue weighted by atomic mass is 32.3. The van der Waals surface area contributed by atoms with Crippen molar-refractivity contribution < 1.29 is 27.0 Å². The lowest BCUT2D eigenvalue weighted by atomic mass is 10.9. The van der Waals surface area contributed by atoms with Crippen molar-refractivity contribution >= 4 is 10.4 Å². The van der Waals surface area contributed by atoms with Gasteiger partial charge in [-0.25, -0.2) is 4.18 Å². The molecule has 0 rings (SSSR count). The first-order valence-electron chi connectivity index (χ1n) is 4.12. The summed E-state index contributed by atoms with van der Waals surface area (Å²) in [5, 5.41) is 15.1. The van der Waals surface area contributed by atoms with E-state index in [-0.39, 0.29) is 26.0 Å². The van der Waals surface area contributed by atoms with Crippen LogP contribution in [0.5, 0.6) is 0 Å². The third kappa shape index (κ3) is 41.7. The first kappa shape index (κ1) is 24.1. The van der Waals surface area contributed by atoms with Crippen LogP contribution < -0.4 is 6.15 Å². The highest BCUT2D eigenvalue weighted by molar-refractivity contribution is 7.81. The monoisotopic (exact) mass is 249 g/mol. The summed E-state index contributed by atoms with van der Waals surface area (Å²) in [4.78, 5) is 0. The van der Waals surface area contributed by atoms with Crippen molar-refractivity contribution in [3.8, 4) is 0 Å². The van der Waals surface area contributed by atoms with E-state index in [2.05, 4.69) is 8.37 Å². The summed E-state index contributed by atoms with van der Waals surface area (Å²) in [5.41, 5.74) is 0. The Bertz CT molecular complexity index is 168. The molecule has 0 bridgehead atoms. The Balaban J connectivity index is -0.0000000733. The van der Waals surface area contributed by atoms with Gasteiger partial charge in [0, 0.05) is 13.2 Å². The maximum atomic E-state index is 10.2. The Morgan fingerprint density at radius 1 is 1.07 bits per heavy atom. The SMILES string of the molecule is CCO.CCO.CCOS(=O)(=O)OC.N. The standard InChI is InChI=1S/C3H8O4S.2C2H6O.H3N/c1-3-7-8(4,5)6-2;2*1-2-3;/h3H2,1-2H3;2*3H,2H2,1H3;1H3. The molecule has 0 spiro atoms. The average Bonchev–Trinajstić information content (AvgIpc) is 2.07. The molecule has 0 atom stereocenters. The van der Waals surface area contributed by atoms with E-state index in [1.807, 2.05) is 0 Å². The van der Waals surface area contributed by atoms with E-state index in [0.29, 0.717) is 0 Å². The van der Waals surface area contributed by atoms with Crippen LogP contribution in [-0.4, -0.2) is 45.6 Å². The fraction of sp³-hybridized carbons (Fsp3) is 1.00. The lowest BCUT2D eigenvalue weighted by Crippen LogP contribution is -2.06. The van der Waals surface area contributed by atoms with Crippen LogP contribution >= 0.6 is 0 Å². The van der Waals surface area contributed by atoms with E-state index < -0.39 is 10.4 Å². The number of aliphatic hydroxyl groups is 2. The van der Waals surface area contributed by atoms with Gasteiger partial charge in [0.1, 0.15) is 0 Å². The van der Waals surface area contributed by atoms with E-state index >= 15 is 0 Å². The van der Waals surface area contributed by atoms with Crippen molar-refractivity contribution in [3.05, 3.63) is 0 Å². The average molecular weight is 249 g/mol. The van der Waals surface area contributed by atoms with Gasteiger partial charge < -0.3 is 16.4 Å². The fourth-order valence-corrected chi connectivity index (χ4v) is 0.577. The second-order valence-corrected chi connectivity index (χ2v) is 3.00. The molecule has 8 heteroatoms. The van der Waals surface area contributed by atoms with Crippen LogP contribution in [0, 0.1) is 0 Å². The van der Waals surface area contributed by atoms with Crippen molar-refractivity contribution in [1.29, 1.82) is 0 Å². The van der Waals surface area contributed by atoms with Crippen molar-refractivity contribution in [1.82, 2.24) is 6.15 Å². The molecule has 0 radical (unpaired) electrons. The first-order chi connectivity index (χ1) is 6.45. The van der Waals surface area contributed by atoms with E-state index in [1.54, 1.807) is 20.8 Å². The molecule has 0 heterocycles. The molecule has 5 N–H and O–H groups in total. The third-order valence-electron chi connectivity index (χ3n) is 0.466. The van der Waals surface area contributed by atoms with Gasteiger partial charge in [-0.1, -0.05) is 0 Å². The number of hydrogen-bond donors (Lipinski definition) is 3. The Hall–Kier alpha value is -0.250. The molecular formula is C7H23NO6S. The van der Waals surface area contributed by atoms with Crippen LogP contribution in [0.4, 0.5) is 0 Å². The highest BCUT2D eigenvalue weighted by Crippen LogP contribution is 1.89. The lowest BCUT2D eigenvalue weighted by Gasteiger charge is -1.95. The summed E-state index contributed by atoms with van der Waals surface area (Å²) in [6, 6.07) is 0. The number of aliphatic hydroxyl groups excluding tert-OH is 2. The Labute approximate surface area is 91.9 Å². The molecule has 0 fully saturated rings. The summed E-state index contributed by atoms with van der Waals surface area (Å²) in [5.74, 6) is 0. The van der Waals surface area contributed by atoms with E-state index in [4.69, 9.17) is 10.2 Å². The van der Waals surface area contributed by atoms with Gasteiger partial charge in [-0.2, -0.15) is 8.42 Å². The number of rotatable bonds is 3. The lowest BCUT2D eigenvalue weighted by molar-refractivity contribution is 0.254. The molecule has 0 aliphatic heterocycles. The van der Waals surface area contributed by atoms with Crippen molar-refractivity contribution in [2.45, 2.75) is 20.8 Å². The van der Waals surface area contributed by atoms with Gasteiger partial charge in [0.05, 0.1) is 13.7 Å². The predicted octanol–water partition coefficient (Wildman–Crippen LogP) is 0.0733. The summed E-state index contributed by atoms with van der Waals surface area (Å²) in [6.07, 6.45) is 0. The van der Waals surface area contributed by atoms with Gasteiger partial charge in [0.25, 0.3) is 0 Å². The summed E-state index contributed by atoms with van der Waals surface area (Å²) >= 11 is 0. The summed E-state index contributed by atoms with van der Waals surface area (Å²) < 4.78 is 28.4. The van der Waals surface area contributed by atoms with Crippen molar-refractivity contribution in [2.24, 2.45) is 0 Å². The zero-order valence-electron chi connectivity index (χ0n) is 9.76. The van der Waals surface area contributed by atoms with Crippen LogP contribution in [0.3, 0.4) is 0 Å². The predicted molar refractivity (Wildman–Crippen MR) is 58.1 cm³/mol. The van der Waals surface area contributed by atoms with Gasteiger partial charge in [-0.3, -0.25) is 4.18 Å². The quantitative estimate of drug-likeness (QED) is 0.645. The largest absolute Gasteiger partial charge is 0.399 e. The molecular weight excluding hydrogens is 226 g/mol. The van der Waals surface area contributed by atoms with Crippen molar-refractivity contribution in [2.75, 3.05) is 26.9 Å². The van der Waals surface area contributed by atoms with Gasteiger partial charge in [-0.15, -0.1) is 0 Å². The summed E-state index contributed by atoms with van der Waals surface area (Å²) in [7, 11) is -2.62. The van der Waals surface area contributed by atoms with E-state index in [1.165, 1.54) is 0 Å². The van der Waals surface area contributed by atoms with Gasteiger partial charge in [0.15, 0.2) is 0 Å². The molecule has 0 amide bonds. The van der Waals surface area contributed by atoms with Crippen LogP contribution in [0.15, 0.2) is 0 Å². The van der Waals surface area contributed by atoms with Gasteiger partial charge in [0.2, 0.25) is 0 Å². The highest BCUT2D eigenvalue weighted by Gasteiger charge is 2.04. The van der Waals surface area contributed by atoms with Crippen molar-refractivity contribution in [3.63, 3.8) is 0 Å². The summed E-state index contributed by atoms with van der Waals surface area (Å²) in [6.45, 7) is 5.53. The molecule has 0 aliphatic rings. The molecule has 0 saturated heterocycles. The zero-order chi connectivity index (χ0) is 12.0. The van der Waals surface area contributed by atoms with Crippen LogP contribution in [0.1, 0.15) is 20.8 Å². The molecule has 0 saturated carbocycles. The molecule has 0 aromatic carbocycles. The fourth-order valence-electron chi connectivity index (χ4n) is 0.192. The minimum Gasteiger partial charge on any atom is -0.397 e. The second-order valence-electron chi connectivity index (χ2n) is 1.61. The van der Waals surface area contributed by atoms with Crippen LogP contribution in [0.2, 0.25) is 0 Å². The topological polar surface area (TPSA) is 128 Å². The Morgan fingerprint density at radius 3 is 1.40 bits per heavy atom. The van der Waals surface area contributed by atoms with E-state index in [0.717, 1.165) is 7.11 Å². The van der Waals surface area contributed by atoms with Gasteiger partial charge >= 0.3 is 10.4 Å². The molecule has 0 unspecified atom stereocenters. The minimum absolute atomic E-state index is 0. The molecule has 0 aromatic heterocycles. The van der Waals surface area contributed by atoms with Crippen LogP contribution in [-0.2, 0) is 18.8 Å². The molecule has 7 nitrogen and oxygen atoms in total. The number of hydrogen-bond acceptors (Lipinski definition) is 7. The Kier molecular flexibility index (Phi) is 31.1. The first-order valence-corrected chi connectivity index (χ1v) is 5.45. The maximum absolute atomic E-state index is 10.2. The van der Waals surface area contributed by atoms with Gasteiger partial charge in [-0.05, 0) is 20.8 Å². The molecule has 15 heavy (non-hydrogen) atoms. The zero-order valence-corrected chi connectivity index (χ0v) is 10.6. The van der Waals surface area contributed by atoms with E-state index in [9.17, 15) is 8.42 Å². The van der Waals surface area contributed by atoms with Crippen LogP contribution in [0.25, 0.3) is 0 Å². The maximum Gasteiger partial charge on any atom is 0.399 e. The molecule has 0 aromatic rings. The minimum atomic E-state index is -3.67. The molecule has 0 aliphatic carbocycles. The smallest absolute Gasteiger partial charge is 0.397 e. The normalized spacial score (nSPS) is 8.67. The third-order valence-corrected chi connectivity index (χ3v) is 1.40. The second kappa shape index (κ2) is 19.3. The molecule has 98 valence electrons.